The van der Waals surface area contributed by atoms with Gasteiger partial charge in [-0.1, -0.05) is 36.4 Å². The molecule has 2 aromatic carbocycles. The molecule has 1 atom stereocenters. The first-order chi connectivity index (χ1) is 9.28. The van der Waals surface area contributed by atoms with Crippen molar-refractivity contribution in [3.63, 3.8) is 0 Å². The van der Waals surface area contributed by atoms with E-state index in [1.54, 1.807) is 0 Å². The monoisotopic (exact) mass is 267 g/mol. The summed E-state index contributed by atoms with van der Waals surface area (Å²) in [5, 5.41) is 6.02. The molecular weight excluding hydrogens is 250 g/mol. The molecule has 1 aromatic heterocycles. The van der Waals surface area contributed by atoms with Crippen molar-refractivity contribution in [2.75, 3.05) is 7.05 Å². The van der Waals surface area contributed by atoms with Gasteiger partial charge in [-0.2, -0.15) is 0 Å². The van der Waals surface area contributed by atoms with Gasteiger partial charge in [-0.05, 0) is 48.5 Å². The van der Waals surface area contributed by atoms with Crippen LogP contribution in [0.5, 0.6) is 0 Å². The van der Waals surface area contributed by atoms with Crippen molar-refractivity contribution < 1.29 is 0 Å². The molecule has 1 nitrogen and oxygen atoms in total. The van der Waals surface area contributed by atoms with Crippen LogP contribution in [-0.2, 0) is 0 Å². The number of nitrogens with one attached hydrogen (secondary N) is 1. The lowest BCUT2D eigenvalue weighted by Crippen LogP contribution is -2.16. The van der Waals surface area contributed by atoms with E-state index in [0.717, 1.165) is 0 Å². The minimum Gasteiger partial charge on any atom is -0.309 e. The van der Waals surface area contributed by atoms with Crippen LogP contribution in [0.25, 0.3) is 10.8 Å². The van der Waals surface area contributed by atoms with Gasteiger partial charge in [-0.15, -0.1) is 11.3 Å². The fourth-order valence-corrected chi connectivity index (χ4v) is 3.48. The second-order valence-corrected chi connectivity index (χ2v) is 6.10. The number of hydrogen-bond acceptors (Lipinski definition) is 2. The highest BCUT2D eigenvalue weighted by atomic mass is 32.1. The summed E-state index contributed by atoms with van der Waals surface area (Å²) >= 11 is 1.86. The van der Waals surface area contributed by atoms with Crippen molar-refractivity contribution in [2.45, 2.75) is 13.0 Å². The van der Waals surface area contributed by atoms with Gasteiger partial charge in [0.15, 0.2) is 0 Å². The van der Waals surface area contributed by atoms with Crippen LogP contribution in [0.2, 0.25) is 0 Å². The van der Waals surface area contributed by atoms with Gasteiger partial charge in [0.25, 0.3) is 0 Å². The van der Waals surface area contributed by atoms with E-state index in [4.69, 9.17) is 0 Å². The van der Waals surface area contributed by atoms with Crippen LogP contribution in [0, 0.1) is 6.92 Å². The first kappa shape index (κ1) is 12.4. The van der Waals surface area contributed by atoms with Crippen molar-refractivity contribution >= 4 is 22.1 Å². The molecule has 0 radical (unpaired) electrons. The molecule has 0 aliphatic carbocycles. The zero-order valence-electron chi connectivity index (χ0n) is 11.2. The fraction of sp³-hybridized carbons (Fsp3) is 0.176. The molecular formula is C17H17NS. The maximum absolute atomic E-state index is 3.42. The standard InChI is InChI=1S/C17H17NS/c1-12-7-10-16(19-12)17(18-2)15-9-8-13-5-3-4-6-14(13)11-15/h3-11,17-18H,1-2H3. The van der Waals surface area contributed by atoms with Gasteiger partial charge in [0.1, 0.15) is 0 Å². The minimum absolute atomic E-state index is 0.281. The Morgan fingerprint density at radius 2 is 1.74 bits per heavy atom. The van der Waals surface area contributed by atoms with Gasteiger partial charge in [-0.3, -0.25) is 0 Å². The Kier molecular flexibility index (Phi) is 3.36. The van der Waals surface area contributed by atoms with Gasteiger partial charge in [0, 0.05) is 9.75 Å². The smallest absolute Gasteiger partial charge is 0.0668 e. The van der Waals surface area contributed by atoms with Crippen LogP contribution in [0.4, 0.5) is 0 Å². The summed E-state index contributed by atoms with van der Waals surface area (Å²) in [5.41, 5.74) is 1.32. The molecule has 2 heteroatoms. The van der Waals surface area contributed by atoms with E-state index < -0.39 is 0 Å². The highest BCUT2D eigenvalue weighted by Crippen LogP contribution is 2.29. The van der Waals surface area contributed by atoms with Gasteiger partial charge < -0.3 is 5.32 Å². The number of benzene rings is 2. The number of fused-ring (bicyclic) bond motifs is 1. The highest BCUT2D eigenvalue weighted by molar-refractivity contribution is 7.12. The van der Waals surface area contributed by atoms with E-state index in [2.05, 4.69) is 66.8 Å². The fourth-order valence-electron chi connectivity index (χ4n) is 2.47. The molecule has 0 bridgehead atoms. The number of rotatable bonds is 3. The molecule has 19 heavy (non-hydrogen) atoms. The van der Waals surface area contributed by atoms with Gasteiger partial charge in [0.2, 0.25) is 0 Å². The van der Waals surface area contributed by atoms with E-state index in [9.17, 15) is 0 Å². The van der Waals surface area contributed by atoms with Crippen molar-refractivity contribution in [3.05, 3.63) is 69.9 Å². The lowest BCUT2D eigenvalue weighted by Gasteiger charge is -2.15. The molecule has 0 aliphatic rings. The SMILES string of the molecule is CNC(c1ccc2ccccc2c1)c1ccc(C)s1. The van der Waals surface area contributed by atoms with Crippen LogP contribution in [0.3, 0.4) is 0 Å². The Labute approximate surface area is 117 Å². The Morgan fingerprint density at radius 1 is 0.947 bits per heavy atom. The van der Waals surface area contributed by atoms with Gasteiger partial charge in [-0.25, -0.2) is 0 Å². The molecule has 0 amide bonds. The second kappa shape index (κ2) is 5.16. The maximum atomic E-state index is 3.42. The van der Waals surface area contributed by atoms with E-state index in [0.29, 0.717) is 0 Å². The summed E-state index contributed by atoms with van der Waals surface area (Å²) in [6.45, 7) is 2.15. The van der Waals surface area contributed by atoms with E-state index in [1.165, 1.54) is 26.1 Å². The molecule has 1 unspecified atom stereocenters. The first-order valence-corrected chi connectivity index (χ1v) is 7.32. The quantitative estimate of drug-likeness (QED) is 0.735. The lowest BCUT2D eigenvalue weighted by molar-refractivity contribution is 0.705. The molecule has 3 aromatic rings. The summed E-state index contributed by atoms with van der Waals surface area (Å²) in [5.74, 6) is 0. The largest absolute Gasteiger partial charge is 0.309 e. The topological polar surface area (TPSA) is 12.0 Å². The normalized spacial score (nSPS) is 12.7. The summed E-state index contributed by atoms with van der Waals surface area (Å²) < 4.78 is 0. The lowest BCUT2D eigenvalue weighted by atomic mass is 10.0. The Bertz CT molecular complexity index is 699. The Hall–Kier alpha value is -1.64. The highest BCUT2D eigenvalue weighted by Gasteiger charge is 2.13. The molecule has 0 saturated heterocycles. The molecule has 1 heterocycles. The summed E-state index contributed by atoms with van der Waals surface area (Å²) in [6.07, 6.45) is 0. The van der Waals surface area contributed by atoms with Crippen LogP contribution in [0.15, 0.2) is 54.6 Å². The van der Waals surface area contributed by atoms with E-state index in [1.807, 2.05) is 18.4 Å². The third-order valence-electron chi connectivity index (χ3n) is 3.44. The van der Waals surface area contributed by atoms with Crippen molar-refractivity contribution in [2.24, 2.45) is 0 Å². The minimum atomic E-state index is 0.281. The summed E-state index contributed by atoms with van der Waals surface area (Å²) in [7, 11) is 2.02. The molecule has 0 aliphatic heterocycles. The van der Waals surface area contributed by atoms with Crippen molar-refractivity contribution in [1.29, 1.82) is 0 Å². The predicted octanol–water partition coefficient (Wildman–Crippen LogP) is 4.52. The van der Waals surface area contributed by atoms with Crippen molar-refractivity contribution in [1.82, 2.24) is 5.32 Å². The Morgan fingerprint density at radius 3 is 2.42 bits per heavy atom. The zero-order chi connectivity index (χ0) is 13.2. The molecule has 0 fully saturated rings. The second-order valence-electron chi connectivity index (χ2n) is 4.78. The predicted molar refractivity (Wildman–Crippen MR) is 83.9 cm³/mol. The van der Waals surface area contributed by atoms with Gasteiger partial charge in [0.05, 0.1) is 6.04 Å². The van der Waals surface area contributed by atoms with E-state index >= 15 is 0 Å². The summed E-state index contributed by atoms with van der Waals surface area (Å²) in [4.78, 5) is 2.73. The number of aryl methyl sites for hydroxylation is 1. The van der Waals surface area contributed by atoms with E-state index in [-0.39, 0.29) is 6.04 Å². The molecule has 0 spiro atoms. The summed E-state index contributed by atoms with van der Waals surface area (Å²) in [6, 6.07) is 19.9. The van der Waals surface area contributed by atoms with Crippen LogP contribution in [0.1, 0.15) is 21.4 Å². The number of hydrogen-bond donors (Lipinski definition) is 1. The molecule has 0 saturated carbocycles. The maximum Gasteiger partial charge on any atom is 0.0668 e. The average molecular weight is 267 g/mol. The third-order valence-corrected chi connectivity index (χ3v) is 4.51. The van der Waals surface area contributed by atoms with Gasteiger partial charge >= 0.3 is 0 Å². The molecule has 3 rings (SSSR count). The third kappa shape index (κ3) is 2.42. The van der Waals surface area contributed by atoms with Crippen LogP contribution in [-0.4, -0.2) is 7.05 Å². The zero-order valence-corrected chi connectivity index (χ0v) is 12.0. The van der Waals surface area contributed by atoms with Crippen molar-refractivity contribution in [3.8, 4) is 0 Å². The van der Waals surface area contributed by atoms with Crippen LogP contribution >= 0.6 is 11.3 Å². The first-order valence-electron chi connectivity index (χ1n) is 6.50. The molecule has 1 N–H and O–H groups in total. The van der Waals surface area contributed by atoms with Crippen LogP contribution < -0.4 is 5.32 Å². The Balaban J connectivity index is 2.06. The average Bonchev–Trinajstić information content (AvgIpc) is 2.86. The number of thiophene rings is 1. The molecule has 96 valence electrons.